The number of nitrogens with zero attached hydrogens (tertiary/aromatic N) is 1. The molecular weight excluding hydrogens is 272 g/mol. The second-order valence-electron chi connectivity index (χ2n) is 5.50. The molecule has 0 saturated carbocycles. The molecule has 2 aliphatic rings. The number of hydrogen-bond donors (Lipinski definition) is 1. The molecule has 1 aliphatic heterocycles. The number of hydrogen-bond acceptors (Lipinski definition) is 3. The van der Waals surface area contributed by atoms with E-state index in [1.54, 1.807) is 0 Å². The summed E-state index contributed by atoms with van der Waals surface area (Å²) in [5.74, 6) is 0.204. The van der Waals surface area contributed by atoms with Crippen molar-refractivity contribution in [3.8, 4) is 0 Å². The minimum absolute atomic E-state index is 0.204. The van der Waals surface area contributed by atoms with Crippen molar-refractivity contribution in [1.82, 2.24) is 4.90 Å². The summed E-state index contributed by atoms with van der Waals surface area (Å²) >= 11 is 5.87. The van der Waals surface area contributed by atoms with Crippen molar-refractivity contribution < 1.29 is 4.79 Å². The third-order valence-corrected chi connectivity index (χ3v) is 4.29. The van der Waals surface area contributed by atoms with E-state index in [9.17, 15) is 4.79 Å². The summed E-state index contributed by atoms with van der Waals surface area (Å²) in [5.41, 5.74) is 1.64. The van der Waals surface area contributed by atoms with Gasteiger partial charge in [-0.15, -0.1) is 0 Å². The van der Waals surface area contributed by atoms with Gasteiger partial charge in [0.15, 0.2) is 5.78 Å². The SMILES string of the molecule is O=C1CC(N2CCCCC2)C=C1Nc1ccc(Cl)cc1. The summed E-state index contributed by atoms with van der Waals surface area (Å²) in [6.45, 7) is 2.23. The third kappa shape index (κ3) is 3.05. The lowest BCUT2D eigenvalue weighted by Crippen LogP contribution is -2.37. The Balaban J connectivity index is 1.68. The van der Waals surface area contributed by atoms with Gasteiger partial charge in [0, 0.05) is 23.2 Å². The van der Waals surface area contributed by atoms with Crippen LogP contribution in [-0.2, 0) is 4.79 Å². The maximum Gasteiger partial charge on any atom is 0.180 e. The molecule has 3 nitrogen and oxygen atoms in total. The number of ketones is 1. The van der Waals surface area contributed by atoms with Gasteiger partial charge in [0.05, 0.1) is 5.70 Å². The first kappa shape index (κ1) is 13.7. The second-order valence-corrected chi connectivity index (χ2v) is 5.94. The molecule has 3 rings (SSSR count). The Labute approximate surface area is 124 Å². The molecule has 4 heteroatoms. The molecule has 1 aromatic carbocycles. The smallest absolute Gasteiger partial charge is 0.180 e. The molecule has 106 valence electrons. The van der Waals surface area contributed by atoms with E-state index in [4.69, 9.17) is 11.6 Å². The number of rotatable bonds is 3. The van der Waals surface area contributed by atoms with Crippen LogP contribution in [0, 0.1) is 0 Å². The number of anilines is 1. The van der Waals surface area contributed by atoms with E-state index in [0.29, 0.717) is 11.4 Å². The van der Waals surface area contributed by atoms with Crippen molar-refractivity contribution in [3.63, 3.8) is 0 Å². The summed E-state index contributed by atoms with van der Waals surface area (Å²) in [6.07, 6.45) is 6.51. The topological polar surface area (TPSA) is 32.3 Å². The molecule has 0 bridgehead atoms. The molecule has 1 atom stereocenters. The molecule has 20 heavy (non-hydrogen) atoms. The van der Waals surface area contributed by atoms with Crippen LogP contribution in [0.15, 0.2) is 36.0 Å². The van der Waals surface area contributed by atoms with Crippen molar-refractivity contribution in [3.05, 3.63) is 41.1 Å². The highest BCUT2D eigenvalue weighted by Gasteiger charge is 2.29. The number of halogens is 1. The number of nitrogens with one attached hydrogen (secondary N) is 1. The highest BCUT2D eigenvalue weighted by Crippen LogP contribution is 2.25. The molecule has 1 heterocycles. The molecule has 0 spiro atoms. The molecule has 0 radical (unpaired) electrons. The Hall–Kier alpha value is -1.32. The number of allylic oxidation sites excluding steroid dienone is 1. The Morgan fingerprint density at radius 1 is 1.10 bits per heavy atom. The highest BCUT2D eigenvalue weighted by atomic mass is 35.5. The molecule has 1 aromatic rings. The Morgan fingerprint density at radius 2 is 1.80 bits per heavy atom. The van der Waals surface area contributed by atoms with Gasteiger partial charge in [0.2, 0.25) is 0 Å². The van der Waals surface area contributed by atoms with Gasteiger partial charge in [0.1, 0.15) is 0 Å². The minimum atomic E-state index is 0.204. The average molecular weight is 291 g/mol. The fourth-order valence-corrected chi connectivity index (χ4v) is 3.05. The Morgan fingerprint density at radius 3 is 2.50 bits per heavy atom. The lowest BCUT2D eigenvalue weighted by Gasteiger charge is -2.30. The lowest BCUT2D eigenvalue weighted by molar-refractivity contribution is -0.115. The van der Waals surface area contributed by atoms with Gasteiger partial charge in [-0.2, -0.15) is 0 Å². The van der Waals surface area contributed by atoms with Crippen LogP contribution in [0.3, 0.4) is 0 Å². The number of Topliss-reactive ketones (excluding diaryl/α,β-unsaturated/α-hetero) is 1. The fraction of sp³-hybridized carbons (Fsp3) is 0.438. The molecule has 1 saturated heterocycles. The molecule has 1 aliphatic carbocycles. The van der Waals surface area contributed by atoms with E-state index >= 15 is 0 Å². The molecule has 1 fully saturated rings. The first-order valence-electron chi connectivity index (χ1n) is 7.24. The molecule has 1 unspecified atom stereocenters. The van der Waals surface area contributed by atoms with Gasteiger partial charge in [-0.25, -0.2) is 0 Å². The van der Waals surface area contributed by atoms with Crippen LogP contribution >= 0.6 is 11.6 Å². The van der Waals surface area contributed by atoms with E-state index in [1.807, 2.05) is 24.3 Å². The third-order valence-electron chi connectivity index (χ3n) is 4.04. The molecular formula is C16H19ClN2O. The average Bonchev–Trinajstić information content (AvgIpc) is 2.84. The highest BCUT2D eigenvalue weighted by molar-refractivity contribution is 6.30. The van der Waals surface area contributed by atoms with Gasteiger partial charge in [-0.3, -0.25) is 9.69 Å². The number of likely N-dealkylation sites (tertiary alicyclic amines) is 1. The summed E-state index contributed by atoms with van der Waals surface area (Å²) < 4.78 is 0. The summed E-state index contributed by atoms with van der Waals surface area (Å²) in [7, 11) is 0. The van der Waals surface area contributed by atoms with Crippen molar-refractivity contribution in [1.29, 1.82) is 0 Å². The van der Waals surface area contributed by atoms with Gasteiger partial charge in [0.25, 0.3) is 0 Å². The van der Waals surface area contributed by atoms with Crippen molar-refractivity contribution in [2.24, 2.45) is 0 Å². The molecule has 0 amide bonds. The van der Waals surface area contributed by atoms with Crippen molar-refractivity contribution in [2.45, 2.75) is 31.7 Å². The normalized spacial score (nSPS) is 23.8. The minimum Gasteiger partial charge on any atom is -0.353 e. The predicted molar refractivity (Wildman–Crippen MR) is 82.0 cm³/mol. The number of piperidine rings is 1. The Kier molecular flexibility index (Phi) is 4.08. The maximum absolute atomic E-state index is 12.1. The van der Waals surface area contributed by atoms with Crippen molar-refractivity contribution in [2.75, 3.05) is 18.4 Å². The first-order valence-corrected chi connectivity index (χ1v) is 7.62. The van der Waals surface area contributed by atoms with Gasteiger partial charge in [-0.05, 0) is 56.3 Å². The second kappa shape index (κ2) is 5.98. The standard InChI is InChI=1S/C16H19ClN2O/c17-12-4-6-13(7-5-12)18-15-10-14(11-16(15)20)19-8-2-1-3-9-19/h4-7,10,14,18H,1-3,8-9,11H2. The molecule has 0 aromatic heterocycles. The van der Waals surface area contributed by atoms with Crippen LogP contribution in [0.1, 0.15) is 25.7 Å². The zero-order chi connectivity index (χ0) is 13.9. The van der Waals surface area contributed by atoms with E-state index in [-0.39, 0.29) is 11.8 Å². The van der Waals surface area contributed by atoms with Crippen LogP contribution in [-0.4, -0.2) is 29.8 Å². The van der Waals surface area contributed by atoms with E-state index in [2.05, 4.69) is 16.3 Å². The number of carbonyl (C=O) groups excluding carboxylic acids is 1. The van der Waals surface area contributed by atoms with Crippen LogP contribution in [0.2, 0.25) is 5.02 Å². The van der Waals surface area contributed by atoms with E-state index in [0.717, 1.165) is 24.5 Å². The maximum atomic E-state index is 12.1. The van der Waals surface area contributed by atoms with Crippen LogP contribution in [0.25, 0.3) is 0 Å². The lowest BCUT2D eigenvalue weighted by atomic mass is 10.1. The van der Waals surface area contributed by atoms with Crippen LogP contribution < -0.4 is 5.32 Å². The van der Waals surface area contributed by atoms with Crippen molar-refractivity contribution >= 4 is 23.1 Å². The van der Waals surface area contributed by atoms with Gasteiger partial charge >= 0.3 is 0 Å². The van der Waals surface area contributed by atoms with E-state index < -0.39 is 0 Å². The quantitative estimate of drug-likeness (QED) is 0.925. The zero-order valence-electron chi connectivity index (χ0n) is 11.4. The predicted octanol–water partition coefficient (Wildman–Crippen LogP) is 3.46. The Bertz CT molecular complexity index is 518. The first-order chi connectivity index (χ1) is 9.72. The number of carbonyl (C=O) groups is 1. The van der Waals surface area contributed by atoms with E-state index in [1.165, 1.54) is 19.3 Å². The van der Waals surface area contributed by atoms with Crippen LogP contribution in [0.4, 0.5) is 5.69 Å². The van der Waals surface area contributed by atoms with Crippen LogP contribution in [0.5, 0.6) is 0 Å². The summed E-state index contributed by atoms with van der Waals surface area (Å²) in [6, 6.07) is 7.71. The zero-order valence-corrected chi connectivity index (χ0v) is 12.2. The monoisotopic (exact) mass is 290 g/mol. The summed E-state index contributed by atoms with van der Waals surface area (Å²) in [5, 5.41) is 3.92. The summed E-state index contributed by atoms with van der Waals surface area (Å²) in [4.78, 5) is 14.5. The molecule has 1 N–H and O–H groups in total. The number of benzene rings is 1. The van der Waals surface area contributed by atoms with Gasteiger partial charge in [-0.1, -0.05) is 18.0 Å². The van der Waals surface area contributed by atoms with Gasteiger partial charge < -0.3 is 5.32 Å². The fourth-order valence-electron chi connectivity index (χ4n) is 2.93. The largest absolute Gasteiger partial charge is 0.353 e.